The number of hydrogen-bond acceptors (Lipinski definition) is 4. The normalized spacial score (nSPS) is 11.8. The smallest absolute Gasteiger partial charge is 0.337 e. The van der Waals surface area contributed by atoms with E-state index in [0.717, 1.165) is 12.8 Å². The number of methoxy groups -OCH3 is 1. The van der Waals surface area contributed by atoms with Crippen LogP contribution in [0.4, 0.5) is 5.69 Å². The first-order valence-electron chi connectivity index (χ1n) is 6.47. The molecule has 0 spiro atoms. The molecule has 1 amide bonds. The number of anilines is 1. The number of nitrogens with two attached hydrogens (primary N) is 1. The van der Waals surface area contributed by atoms with Gasteiger partial charge in [0.15, 0.2) is 0 Å². The molecule has 0 bridgehead atoms. The van der Waals surface area contributed by atoms with Crippen molar-refractivity contribution in [3.63, 3.8) is 0 Å². The monoisotopic (exact) mass is 280 g/mol. The lowest BCUT2D eigenvalue weighted by atomic mass is 10.1. The summed E-state index contributed by atoms with van der Waals surface area (Å²) in [7, 11) is 1.47. The Morgan fingerprint density at radius 3 is 2.70 bits per heavy atom. The lowest BCUT2D eigenvalue weighted by molar-refractivity contribution is -0.117. The van der Waals surface area contributed by atoms with Crippen LogP contribution in [0.3, 0.4) is 0 Å². The largest absolute Gasteiger partial charge is 0.497 e. The first-order valence-corrected chi connectivity index (χ1v) is 6.47. The summed E-state index contributed by atoms with van der Waals surface area (Å²) in [4.78, 5) is 23.0. The van der Waals surface area contributed by atoms with Crippen LogP contribution in [-0.4, -0.2) is 30.1 Å². The van der Waals surface area contributed by atoms with E-state index in [-0.39, 0.29) is 11.3 Å². The van der Waals surface area contributed by atoms with Crippen molar-refractivity contribution in [2.75, 3.05) is 12.4 Å². The van der Waals surface area contributed by atoms with Crippen molar-refractivity contribution in [3.05, 3.63) is 23.8 Å². The second kappa shape index (κ2) is 7.49. The van der Waals surface area contributed by atoms with Crippen molar-refractivity contribution in [3.8, 4) is 5.75 Å². The minimum atomic E-state index is -1.12. The number of unbranched alkanes of at least 4 members (excludes halogenated alkanes) is 1. The summed E-state index contributed by atoms with van der Waals surface area (Å²) < 4.78 is 5.02. The maximum absolute atomic E-state index is 11.9. The Balaban J connectivity index is 2.89. The van der Waals surface area contributed by atoms with Gasteiger partial charge >= 0.3 is 5.97 Å². The summed E-state index contributed by atoms with van der Waals surface area (Å²) in [6.07, 6.45) is 2.35. The summed E-state index contributed by atoms with van der Waals surface area (Å²) >= 11 is 0. The number of ether oxygens (including phenoxy) is 1. The van der Waals surface area contributed by atoms with E-state index in [1.54, 1.807) is 0 Å². The van der Waals surface area contributed by atoms with Crippen LogP contribution in [0.25, 0.3) is 0 Å². The van der Waals surface area contributed by atoms with Crippen LogP contribution in [-0.2, 0) is 4.79 Å². The van der Waals surface area contributed by atoms with Crippen molar-refractivity contribution in [2.24, 2.45) is 5.73 Å². The van der Waals surface area contributed by atoms with Gasteiger partial charge in [0.05, 0.1) is 24.4 Å². The van der Waals surface area contributed by atoms with Crippen molar-refractivity contribution in [1.29, 1.82) is 0 Å². The van der Waals surface area contributed by atoms with Crippen LogP contribution in [0, 0.1) is 0 Å². The average molecular weight is 280 g/mol. The summed E-state index contributed by atoms with van der Waals surface area (Å²) in [6, 6.07) is 3.72. The van der Waals surface area contributed by atoms with Gasteiger partial charge in [0, 0.05) is 6.07 Å². The Morgan fingerprint density at radius 1 is 1.45 bits per heavy atom. The Morgan fingerprint density at radius 2 is 2.15 bits per heavy atom. The molecule has 0 saturated heterocycles. The molecule has 1 atom stereocenters. The van der Waals surface area contributed by atoms with Crippen LogP contribution in [0.1, 0.15) is 36.5 Å². The molecule has 4 N–H and O–H groups in total. The molecule has 0 aliphatic heterocycles. The molecule has 6 nitrogen and oxygen atoms in total. The average Bonchev–Trinajstić information content (AvgIpc) is 2.44. The Labute approximate surface area is 117 Å². The lowest BCUT2D eigenvalue weighted by Gasteiger charge is -2.14. The molecule has 0 aromatic heterocycles. The maximum atomic E-state index is 11.9. The quantitative estimate of drug-likeness (QED) is 0.707. The molecule has 0 aliphatic rings. The van der Waals surface area contributed by atoms with Gasteiger partial charge in [-0.05, 0) is 18.6 Å². The van der Waals surface area contributed by atoms with Crippen molar-refractivity contribution < 1.29 is 19.4 Å². The minimum Gasteiger partial charge on any atom is -0.497 e. The molecule has 6 heteroatoms. The molecular weight excluding hydrogens is 260 g/mol. The molecule has 0 saturated carbocycles. The number of hydrogen-bond donors (Lipinski definition) is 3. The zero-order valence-corrected chi connectivity index (χ0v) is 11.7. The highest BCUT2D eigenvalue weighted by Crippen LogP contribution is 2.23. The Bertz CT molecular complexity index is 488. The van der Waals surface area contributed by atoms with E-state index in [1.807, 2.05) is 6.92 Å². The van der Waals surface area contributed by atoms with Gasteiger partial charge in [0.2, 0.25) is 5.91 Å². The predicted molar refractivity (Wildman–Crippen MR) is 76.1 cm³/mol. The number of carbonyl (C=O) groups is 2. The van der Waals surface area contributed by atoms with Gasteiger partial charge in [-0.2, -0.15) is 0 Å². The molecule has 1 aromatic carbocycles. The number of carboxylic acids is 1. The molecule has 110 valence electrons. The number of aromatic carboxylic acids is 1. The van der Waals surface area contributed by atoms with Gasteiger partial charge in [0.1, 0.15) is 5.75 Å². The number of nitrogens with one attached hydrogen (secondary N) is 1. The van der Waals surface area contributed by atoms with Crippen LogP contribution >= 0.6 is 0 Å². The fourth-order valence-corrected chi connectivity index (χ4v) is 1.72. The van der Waals surface area contributed by atoms with Crippen molar-refractivity contribution in [2.45, 2.75) is 32.2 Å². The first-order chi connectivity index (χ1) is 9.49. The van der Waals surface area contributed by atoms with Crippen LogP contribution in [0.15, 0.2) is 18.2 Å². The maximum Gasteiger partial charge on any atom is 0.337 e. The van der Waals surface area contributed by atoms with E-state index >= 15 is 0 Å². The summed E-state index contributed by atoms with van der Waals surface area (Å²) in [5, 5.41) is 11.6. The lowest BCUT2D eigenvalue weighted by Crippen LogP contribution is -2.35. The highest BCUT2D eigenvalue weighted by Gasteiger charge is 2.17. The van der Waals surface area contributed by atoms with E-state index in [9.17, 15) is 9.59 Å². The number of benzene rings is 1. The van der Waals surface area contributed by atoms with Crippen molar-refractivity contribution >= 4 is 17.6 Å². The molecule has 0 unspecified atom stereocenters. The number of rotatable bonds is 7. The summed E-state index contributed by atoms with van der Waals surface area (Å²) in [6.45, 7) is 2.01. The van der Waals surface area contributed by atoms with Crippen molar-refractivity contribution in [1.82, 2.24) is 0 Å². The molecule has 0 radical (unpaired) electrons. The number of carboxylic acid groups (broad SMARTS) is 1. The fraction of sp³-hybridized carbons (Fsp3) is 0.429. The van der Waals surface area contributed by atoms with Gasteiger partial charge in [-0.15, -0.1) is 0 Å². The third-order valence-electron chi connectivity index (χ3n) is 2.92. The van der Waals surface area contributed by atoms with E-state index in [0.29, 0.717) is 12.2 Å². The second-order valence-corrected chi connectivity index (χ2v) is 4.45. The molecule has 1 rings (SSSR count). The Hall–Kier alpha value is -2.08. The third kappa shape index (κ3) is 4.24. The summed E-state index contributed by atoms with van der Waals surface area (Å²) in [5.41, 5.74) is 5.95. The van der Waals surface area contributed by atoms with E-state index in [2.05, 4.69) is 5.32 Å². The zero-order chi connectivity index (χ0) is 15.1. The van der Waals surface area contributed by atoms with Gasteiger partial charge in [-0.25, -0.2) is 4.79 Å². The van der Waals surface area contributed by atoms with Gasteiger partial charge in [-0.3, -0.25) is 4.79 Å². The SMILES string of the molecule is CCCC[C@H](N)C(=O)Nc1cc(OC)ccc1C(=O)O. The molecule has 20 heavy (non-hydrogen) atoms. The zero-order valence-electron chi connectivity index (χ0n) is 11.7. The van der Waals surface area contributed by atoms with Gasteiger partial charge < -0.3 is 20.9 Å². The van der Waals surface area contributed by atoms with Gasteiger partial charge in [0.25, 0.3) is 0 Å². The molecular formula is C14H20N2O4. The van der Waals surface area contributed by atoms with Crippen LogP contribution < -0.4 is 15.8 Å². The fourth-order valence-electron chi connectivity index (χ4n) is 1.72. The highest BCUT2D eigenvalue weighted by molar-refractivity contribution is 6.02. The number of amides is 1. The van der Waals surface area contributed by atoms with E-state index < -0.39 is 17.9 Å². The Kier molecular flexibility index (Phi) is 5.99. The number of carbonyl (C=O) groups excluding carboxylic acids is 1. The topological polar surface area (TPSA) is 102 Å². The second-order valence-electron chi connectivity index (χ2n) is 4.45. The standard InChI is InChI=1S/C14H20N2O4/c1-3-4-5-11(15)13(17)16-12-8-9(20-2)6-7-10(12)14(18)19/h6-8,11H,3-5,15H2,1-2H3,(H,16,17)(H,18,19)/t11-/m0/s1. The molecule has 1 aromatic rings. The first kappa shape index (κ1) is 16.0. The molecule has 0 fully saturated rings. The van der Waals surface area contributed by atoms with Crippen LogP contribution in [0.5, 0.6) is 5.75 Å². The van der Waals surface area contributed by atoms with Gasteiger partial charge in [-0.1, -0.05) is 19.8 Å². The van der Waals surface area contributed by atoms with E-state index in [4.69, 9.17) is 15.6 Å². The molecule has 0 aliphatic carbocycles. The predicted octanol–water partition coefficient (Wildman–Crippen LogP) is 1.85. The third-order valence-corrected chi connectivity index (χ3v) is 2.92. The highest BCUT2D eigenvalue weighted by atomic mass is 16.5. The summed E-state index contributed by atoms with van der Waals surface area (Å²) in [5.74, 6) is -1.05. The van der Waals surface area contributed by atoms with Crippen LogP contribution in [0.2, 0.25) is 0 Å². The minimum absolute atomic E-state index is 0.00171. The van der Waals surface area contributed by atoms with E-state index in [1.165, 1.54) is 25.3 Å². The molecule has 0 heterocycles.